The predicted octanol–water partition coefficient (Wildman–Crippen LogP) is 1.46. The molecule has 3 heterocycles. The molecule has 0 unspecified atom stereocenters. The van der Waals surface area contributed by atoms with Gasteiger partial charge in [-0.1, -0.05) is 0 Å². The molecule has 1 atom stereocenters. The van der Waals surface area contributed by atoms with Gasteiger partial charge in [-0.3, -0.25) is 4.79 Å². The quantitative estimate of drug-likeness (QED) is 0.791. The Balaban J connectivity index is 1.49. The van der Waals surface area contributed by atoms with Crippen LogP contribution in [-0.2, 0) is 19.0 Å². The summed E-state index contributed by atoms with van der Waals surface area (Å²) in [4.78, 5) is 14.6. The lowest BCUT2D eigenvalue weighted by molar-refractivity contribution is -0.140. The molecule has 21 heavy (non-hydrogen) atoms. The fraction of sp³-hybridized carbons (Fsp3) is 0.938. The van der Waals surface area contributed by atoms with Gasteiger partial charge in [0.2, 0.25) is 5.91 Å². The van der Waals surface area contributed by atoms with Gasteiger partial charge in [0.15, 0.2) is 0 Å². The summed E-state index contributed by atoms with van der Waals surface area (Å²) < 4.78 is 16.4. The van der Waals surface area contributed by atoms with Crippen molar-refractivity contribution >= 4 is 5.91 Å². The molecule has 0 aromatic carbocycles. The minimum absolute atomic E-state index is 0.189. The van der Waals surface area contributed by atoms with E-state index < -0.39 is 0 Å². The third-order valence-electron chi connectivity index (χ3n) is 5.34. The van der Waals surface area contributed by atoms with Gasteiger partial charge in [0.1, 0.15) is 0 Å². The zero-order valence-electron chi connectivity index (χ0n) is 13.0. The molecule has 3 saturated heterocycles. The van der Waals surface area contributed by atoms with E-state index in [1.165, 1.54) is 0 Å². The molecule has 1 spiro atoms. The van der Waals surface area contributed by atoms with Crippen molar-refractivity contribution in [2.75, 3.05) is 46.6 Å². The summed E-state index contributed by atoms with van der Waals surface area (Å²) >= 11 is 0. The summed E-state index contributed by atoms with van der Waals surface area (Å²) in [5.74, 6) is 0.536. The van der Waals surface area contributed by atoms with Crippen molar-refractivity contribution in [1.82, 2.24) is 4.90 Å². The van der Waals surface area contributed by atoms with Crippen molar-refractivity contribution in [3.63, 3.8) is 0 Å². The molecule has 5 nitrogen and oxygen atoms in total. The Morgan fingerprint density at radius 1 is 1.29 bits per heavy atom. The first-order valence-corrected chi connectivity index (χ1v) is 8.19. The van der Waals surface area contributed by atoms with Crippen LogP contribution in [0.5, 0.6) is 0 Å². The van der Waals surface area contributed by atoms with Crippen LogP contribution in [0, 0.1) is 11.3 Å². The molecular weight excluding hydrogens is 270 g/mol. The topological polar surface area (TPSA) is 48.0 Å². The van der Waals surface area contributed by atoms with Crippen LogP contribution < -0.4 is 0 Å². The number of ether oxygens (including phenoxy) is 3. The Labute approximate surface area is 126 Å². The molecule has 0 saturated carbocycles. The number of methoxy groups -OCH3 is 1. The second-order valence-corrected chi connectivity index (χ2v) is 6.80. The highest BCUT2D eigenvalue weighted by molar-refractivity contribution is 5.79. The van der Waals surface area contributed by atoms with E-state index in [9.17, 15) is 4.79 Å². The Hall–Kier alpha value is -0.650. The summed E-state index contributed by atoms with van der Waals surface area (Å²) in [5.41, 5.74) is 0.287. The van der Waals surface area contributed by atoms with E-state index in [0.717, 1.165) is 65.0 Å². The second kappa shape index (κ2) is 6.63. The normalized spacial score (nSPS) is 30.0. The van der Waals surface area contributed by atoms with Crippen LogP contribution in [0.1, 0.15) is 32.1 Å². The minimum Gasteiger partial charge on any atom is -0.382 e. The zero-order chi connectivity index (χ0) is 14.7. The number of piperidine rings is 1. The number of amides is 1. The van der Waals surface area contributed by atoms with E-state index in [1.807, 2.05) is 0 Å². The van der Waals surface area contributed by atoms with Crippen molar-refractivity contribution in [3.05, 3.63) is 0 Å². The van der Waals surface area contributed by atoms with Gasteiger partial charge in [-0.25, -0.2) is 0 Å². The molecule has 1 amide bonds. The van der Waals surface area contributed by atoms with Crippen LogP contribution in [0.25, 0.3) is 0 Å². The van der Waals surface area contributed by atoms with Crippen LogP contribution in [0.3, 0.4) is 0 Å². The Bertz CT molecular complexity index is 359. The van der Waals surface area contributed by atoms with E-state index in [0.29, 0.717) is 12.5 Å². The molecule has 0 bridgehead atoms. The zero-order valence-corrected chi connectivity index (χ0v) is 13.0. The molecule has 3 aliphatic rings. The monoisotopic (exact) mass is 297 g/mol. The van der Waals surface area contributed by atoms with Gasteiger partial charge in [0.05, 0.1) is 19.3 Å². The third kappa shape index (κ3) is 3.41. The molecule has 0 aliphatic carbocycles. The van der Waals surface area contributed by atoms with Crippen molar-refractivity contribution in [3.8, 4) is 0 Å². The van der Waals surface area contributed by atoms with E-state index >= 15 is 0 Å². The predicted molar refractivity (Wildman–Crippen MR) is 78.0 cm³/mol. The molecule has 0 aromatic heterocycles. The number of rotatable bonds is 3. The summed E-state index contributed by atoms with van der Waals surface area (Å²) in [7, 11) is 1.73. The highest BCUT2D eigenvalue weighted by Crippen LogP contribution is 2.42. The summed E-state index contributed by atoms with van der Waals surface area (Å²) in [6, 6.07) is 0. The van der Waals surface area contributed by atoms with Crippen LogP contribution in [0.2, 0.25) is 0 Å². The number of hydrogen-bond donors (Lipinski definition) is 0. The average Bonchev–Trinajstić information content (AvgIpc) is 2.91. The highest BCUT2D eigenvalue weighted by atomic mass is 16.5. The van der Waals surface area contributed by atoms with Crippen LogP contribution >= 0.6 is 0 Å². The summed E-state index contributed by atoms with van der Waals surface area (Å²) in [6.07, 6.45) is 5.25. The van der Waals surface area contributed by atoms with Crippen LogP contribution in [0.4, 0.5) is 0 Å². The molecule has 0 N–H and O–H groups in total. The fourth-order valence-corrected chi connectivity index (χ4v) is 3.94. The number of likely N-dealkylation sites (tertiary alicyclic amines) is 1. The first-order valence-electron chi connectivity index (χ1n) is 8.19. The van der Waals surface area contributed by atoms with Gasteiger partial charge >= 0.3 is 0 Å². The maximum Gasteiger partial charge on any atom is 0.225 e. The van der Waals surface area contributed by atoms with Crippen molar-refractivity contribution in [1.29, 1.82) is 0 Å². The first kappa shape index (κ1) is 15.3. The largest absolute Gasteiger partial charge is 0.382 e. The molecular formula is C16H27NO4. The molecule has 0 radical (unpaired) electrons. The number of carbonyl (C=O) groups excluding carboxylic acids is 1. The van der Waals surface area contributed by atoms with Crippen LogP contribution in [0.15, 0.2) is 0 Å². The van der Waals surface area contributed by atoms with Gasteiger partial charge in [-0.15, -0.1) is 0 Å². The van der Waals surface area contributed by atoms with Crippen molar-refractivity contribution < 1.29 is 19.0 Å². The standard InChI is InChI=1S/C16H27NO4/c1-19-11-14-10-16(12-21-14)4-6-17(7-5-16)15(18)13-2-8-20-9-3-13/h13-14H,2-12H2,1H3/t14-/m0/s1. The molecule has 120 valence electrons. The molecule has 3 aliphatic heterocycles. The number of nitrogens with zero attached hydrogens (tertiary/aromatic N) is 1. The Kier molecular flexibility index (Phi) is 4.82. The van der Waals surface area contributed by atoms with Gasteiger partial charge in [-0.05, 0) is 37.5 Å². The number of hydrogen-bond acceptors (Lipinski definition) is 4. The molecule has 3 rings (SSSR count). The van der Waals surface area contributed by atoms with E-state index in [2.05, 4.69) is 4.90 Å². The van der Waals surface area contributed by atoms with Crippen LogP contribution in [-0.4, -0.2) is 63.5 Å². The lowest BCUT2D eigenvalue weighted by atomic mass is 9.76. The van der Waals surface area contributed by atoms with E-state index in [4.69, 9.17) is 14.2 Å². The second-order valence-electron chi connectivity index (χ2n) is 6.80. The van der Waals surface area contributed by atoms with E-state index in [1.54, 1.807) is 7.11 Å². The lowest BCUT2D eigenvalue weighted by Crippen LogP contribution is -2.46. The van der Waals surface area contributed by atoms with Crippen molar-refractivity contribution in [2.45, 2.75) is 38.2 Å². The summed E-state index contributed by atoms with van der Waals surface area (Å²) in [5, 5.41) is 0. The smallest absolute Gasteiger partial charge is 0.225 e. The summed E-state index contributed by atoms with van der Waals surface area (Å²) in [6.45, 7) is 4.77. The van der Waals surface area contributed by atoms with Gasteiger partial charge < -0.3 is 19.1 Å². The van der Waals surface area contributed by atoms with Crippen molar-refractivity contribution in [2.24, 2.45) is 11.3 Å². The maximum atomic E-state index is 12.5. The van der Waals surface area contributed by atoms with E-state index in [-0.39, 0.29) is 17.4 Å². The highest BCUT2D eigenvalue weighted by Gasteiger charge is 2.43. The lowest BCUT2D eigenvalue weighted by Gasteiger charge is -2.40. The molecule has 5 heteroatoms. The minimum atomic E-state index is 0.189. The van der Waals surface area contributed by atoms with Gasteiger partial charge in [0.25, 0.3) is 0 Å². The van der Waals surface area contributed by atoms with Gasteiger partial charge in [0, 0.05) is 39.3 Å². The molecule has 3 fully saturated rings. The third-order valence-corrected chi connectivity index (χ3v) is 5.34. The SMILES string of the molecule is COC[C@@H]1CC2(CCN(C(=O)C3CCOCC3)CC2)CO1. The molecule has 0 aromatic rings. The Morgan fingerprint density at radius 2 is 2.00 bits per heavy atom. The fourth-order valence-electron chi connectivity index (χ4n) is 3.94. The average molecular weight is 297 g/mol. The van der Waals surface area contributed by atoms with Gasteiger partial charge in [-0.2, -0.15) is 0 Å². The number of carbonyl (C=O) groups is 1. The maximum absolute atomic E-state index is 12.5. The Morgan fingerprint density at radius 3 is 2.67 bits per heavy atom. The first-order chi connectivity index (χ1) is 10.2.